The largest absolute Gasteiger partial charge is 0.430 e. The summed E-state index contributed by atoms with van der Waals surface area (Å²) in [6.07, 6.45) is -13.1. The van der Waals surface area contributed by atoms with Gasteiger partial charge in [0.15, 0.2) is 0 Å². The lowest BCUT2D eigenvalue weighted by atomic mass is 9.91. The number of ether oxygens (including phenoxy) is 2. The number of carbonyl (C=O) groups is 1. The predicted octanol–water partition coefficient (Wildman–Crippen LogP) is 4.28. The van der Waals surface area contributed by atoms with Gasteiger partial charge in [0.25, 0.3) is 5.60 Å². The van der Waals surface area contributed by atoms with E-state index in [0.29, 0.717) is 23.3 Å². The van der Waals surface area contributed by atoms with Gasteiger partial charge in [0.05, 0.1) is 24.9 Å². The Labute approximate surface area is 198 Å². The second-order valence-electron chi connectivity index (χ2n) is 7.96. The quantitative estimate of drug-likeness (QED) is 0.398. The number of halogens is 6. The highest BCUT2D eigenvalue weighted by Gasteiger charge is 2.74. The van der Waals surface area contributed by atoms with Gasteiger partial charge in [-0.3, -0.25) is 4.79 Å². The van der Waals surface area contributed by atoms with Crippen molar-refractivity contribution in [3.05, 3.63) is 65.2 Å². The lowest BCUT2D eigenvalue weighted by molar-refractivity contribution is -0.409. The van der Waals surface area contributed by atoms with Crippen LogP contribution in [0, 0.1) is 0 Å². The molecule has 0 spiro atoms. The maximum Gasteiger partial charge on any atom is 0.430 e. The zero-order valence-corrected chi connectivity index (χ0v) is 19.0. The number of nitrogens with one attached hydrogen (secondary N) is 1. The predicted molar refractivity (Wildman–Crippen MR) is 113 cm³/mol. The summed E-state index contributed by atoms with van der Waals surface area (Å²) in [5.41, 5.74) is -4.68. The maximum atomic E-state index is 13.8. The van der Waals surface area contributed by atoms with Crippen molar-refractivity contribution in [2.75, 3.05) is 18.5 Å². The Kier molecular flexibility index (Phi) is 7.82. The molecule has 0 saturated carbocycles. The van der Waals surface area contributed by atoms with E-state index in [2.05, 4.69) is 14.8 Å². The fourth-order valence-corrected chi connectivity index (χ4v) is 3.85. The standard InChI is InChI=1S/C22H21F6NO5S/c1-13(35(31)32)15-4-2-14(3-5-15)10-19(30)29-17-8-6-16(7-9-17)20(21(23,24)25,22(26,27)28)34-18-11-33-12-18/h2-9,13,18,35H,10-12H2,1H3,(H,29,30). The van der Waals surface area contributed by atoms with E-state index in [9.17, 15) is 39.6 Å². The van der Waals surface area contributed by atoms with Crippen molar-refractivity contribution in [1.82, 2.24) is 0 Å². The van der Waals surface area contributed by atoms with Crippen LogP contribution in [0.2, 0.25) is 0 Å². The van der Waals surface area contributed by atoms with Crippen LogP contribution in [0.3, 0.4) is 0 Å². The van der Waals surface area contributed by atoms with Crippen molar-refractivity contribution in [1.29, 1.82) is 0 Å². The number of benzene rings is 2. The number of alkyl halides is 6. The summed E-state index contributed by atoms with van der Waals surface area (Å²) < 4.78 is 114. The molecule has 1 N–H and O–H groups in total. The molecule has 0 aromatic heterocycles. The van der Waals surface area contributed by atoms with Gasteiger partial charge in [0.1, 0.15) is 16.8 Å². The third kappa shape index (κ3) is 5.78. The van der Waals surface area contributed by atoms with E-state index in [0.717, 1.165) is 12.1 Å². The highest BCUT2D eigenvalue weighted by molar-refractivity contribution is 7.72. The molecule has 0 radical (unpaired) electrons. The van der Waals surface area contributed by atoms with Gasteiger partial charge < -0.3 is 14.8 Å². The van der Waals surface area contributed by atoms with Crippen LogP contribution in [-0.4, -0.2) is 46.0 Å². The minimum absolute atomic E-state index is 0.0161. The summed E-state index contributed by atoms with van der Waals surface area (Å²) >= 11 is 0. The van der Waals surface area contributed by atoms with Gasteiger partial charge in [-0.25, -0.2) is 8.42 Å². The molecular formula is C22H21F6NO5S. The van der Waals surface area contributed by atoms with Crippen LogP contribution < -0.4 is 5.32 Å². The Morgan fingerprint density at radius 3 is 1.97 bits per heavy atom. The molecule has 3 rings (SSSR count). The Hall–Kier alpha value is -2.64. The first-order valence-corrected chi connectivity index (χ1v) is 11.5. The summed E-state index contributed by atoms with van der Waals surface area (Å²) in [7, 11) is -2.66. The second kappa shape index (κ2) is 10.2. The summed E-state index contributed by atoms with van der Waals surface area (Å²) in [6.45, 7) is 0.725. The van der Waals surface area contributed by atoms with Gasteiger partial charge in [-0.05, 0) is 30.2 Å². The maximum absolute atomic E-state index is 13.8. The SMILES string of the molecule is CC(c1ccc(CC(=O)Nc2ccc(C(OC3COC3)(C(F)(F)F)C(F)(F)F)cc2)cc1)[SH](=O)=O. The number of thiol groups is 1. The van der Waals surface area contributed by atoms with Crippen LogP contribution in [0.4, 0.5) is 32.0 Å². The smallest absolute Gasteiger partial charge is 0.376 e. The summed E-state index contributed by atoms with van der Waals surface area (Å²) in [5.74, 6) is -0.575. The third-order valence-corrected chi connectivity index (χ3v) is 6.40. The monoisotopic (exact) mass is 525 g/mol. The number of rotatable bonds is 8. The average Bonchev–Trinajstić information content (AvgIpc) is 2.72. The molecule has 1 unspecified atom stereocenters. The van der Waals surface area contributed by atoms with E-state index < -0.39 is 64.7 Å². The Balaban J connectivity index is 1.76. The van der Waals surface area contributed by atoms with Crippen molar-refractivity contribution in [2.24, 2.45) is 0 Å². The summed E-state index contributed by atoms with van der Waals surface area (Å²) in [4.78, 5) is 12.3. The van der Waals surface area contributed by atoms with Crippen molar-refractivity contribution in [3.8, 4) is 0 Å². The van der Waals surface area contributed by atoms with Crippen molar-refractivity contribution in [3.63, 3.8) is 0 Å². The normalized spacial score (nSPS) is 16.1. The van der Waals surface area contributed by atoms with E-state index in [1.807, 2.05) is 0 Å². The molecule has 1 amide bonds. The van der Waals surface area contributed by atoms with Crippen LogP contribution in [0.15, 0.2) is 48.5 Å². The topological polar surface area (TPSA) is 81.7 Å². The first-order chi connectivity index (χ1) is 16.2. The number of carbonyl (C=O) groups excluding carboxylic acids is 1. The first-order valence-electron chi connectivity index (χ1n) is 10.3. The van der Waals surface area contributed by atoms with E-state index in [4.69, 9.17) is 0 Å². The molecule has 0 bridgehead atoms. The molecule has 1 saturated heterocycles. The number of hydrogen-bond donors (Lipinski definition) is 2. The molecular weight excluding hydrogens is 504 g/mol. The van der Waals surface area contributed by atoms with Crippen molar-refractivity contribution in [2.45, 2.75) is 42.7 Å². The molecule has 1 fully saturated rings. The fraction of sp³-hybridized carbons (Fsp3) is 0.409. The van der Waals surface area contributed by atoms with E-state index in [1.54, 1.807) is 24.3 Å². The fourth-order valence-electron chi connectivity index (χ4n) is 3.44. The highest BCUT2D eigenvalue weighted by atomic mass is 32.2. The molecule has 1 aliphatic rings. The van der Waals surface area contributed by atoms with Crippen molar-refractivity contribution >= 4 is 22.3 Å². The lowest BCUT2D eigenvalue weighted by Crippen LogP contribution is -2.59. The number of hydrogen-bond acceptors (Lipinski definition) is 5. The minimum atomic E-state index is -5.81. The molecule has 1 heterocycles. The molecule has 1 aliphatic heterocycles. The van der Waals surface area contributed by atoms with Gasteiger partial charge in [-0.15, -0.1) is 0 Å². The Morgan fingerprint density at radius 2 is 1.54 bits per heavy atom. The van der Waals surface area contributed by atoms with E-state index in [-0.39, 0.29) is 12.1 Å². The van der Waals surface area contributed by atoms with Crippen LogP contribution in [0.1, 0.15) is 28.9 Å². The van der Waals surface area contributed by atoms with Crippen LogP contribution in [0.5, 0.6) is 0 Å². The Bertz CT molecular complexity index is 1090. The molecule has 6 nitrogen and oxygen atoms in total. The zero-order chi connectivity index (χ0) is 26.0. The molecule has 35 heavy (non-hydrogen) atoms. The van der Waals surface area contributed by atoms with Crippen LogP contribution >= 0.6 is 0 Å². The van der Waals surface area contributed by atoms with Gasteiger partial charge in [0, 0.05) is 11.3 Å². The van der Waals surface area contributed by atoms with Gasteiger partial charge >= 0.3 is 12.4 Å². The third-order valence-electron chi connectivity index (χ3n) is 5.47. The zero-order valence-electron chi connectivity index (χ0n) is 18.2. The van der Waals surface area contributed by atoms with Crippen LogP contribution in [0.25, 0.3) is 0 Å². The Morgan fingerprint density at radius 1 is 1.00 bits per heavy atom. The molecule has 2 aromatic carbocycles. The van der Waals surface area contributed by atoms with Gasteiger partial charge in [-0.1, -0.05) is 36.4 Å². The molecule has 13 heteroatoms. The lowest BCUT2D eigenvalue weighted by Gasteiger charge is -2.42. The highest BCUT2D eigenvalue weighted by Crippen LogP contribution is 2.54. The molecule has 0 aliphatic carbocycles. The van der Waals surface area contributed by atoms with E-state index in [1.165, 1.54) is 6.92 Å². The molecule has 2 aromatic rings. The minimum Gasteiger partial charge on any atom is -0.376 e. The van der Waals surface area contributed by atoms with Crippen LogP contribution in [-0.2, 0) is 37.0 Å². The number of anilines is 1. The summed E-state index contributed by atoms with van der Waals surface area (Å²) in [5, 5.41) is 1.71. The number of amides is 1. The summed E-state index contributed by atoms with van der Waals surface area (Å²) in [6, 6.07) is 9.27. The van der Waals surface area contributed by atoms with Crippen molar-refractivity contribution < 1.29 is 49.0 Å². The van der Waals surface area contributed by atoms with E-state index >= 15 is 0 Å². The average molecular weight is 525 g/mol. The first kappa shape index (κ1) is 27.0. The molecule has 1 atom stereocenters. The van der Waals surface area contributed by atoms with Gasteiger partial charge in [-0.2, -0.15) is 26.3 Å². The second-order valence-corrected chi connectivity index (χ2v) is 9.30. The molecule has 192 valence electrons. The van der Waals surface area contributed by atoms with Gasteiger partial charge in [0.2, 0.25) is 5.91 Å².